The number of nitro benzene ring substituents is 1. The quantitative estimate of drug-likeness (QED) is 0.419. The van der Waals surface area contributed by atoms with E-state index in [4.69, 9.17) is 0 Å². The van der Waals surface area contributed by atoms with Crippen LogP contribution in [0.4, 0.5) is 16.2 Å². The second-order valence-corrected chi connectivity index (χ2v) is 8.44. The van der Waals surface area contributed by atoms with E-state index in [1.54, 1.807) is 19.1 Å². The predicted octanol–water partition coefficient (Wildman–Crippen LogP) is 5.09. The van der Waals surface area contributed by atoms with Crippen LogP contribution in [0.2, 0.25) is 0 Å². The molecule has 0 saturated carbocycles. The first-order chi connectivity index (χ1) is 15.5. The minimum absolute atomic E-state index is 0.00207. The van der Waals surface area contributed by atoms with Crippen molar-refractivity contribution in [2.75, 3.05) is 25.0 Å². The summed E-state index contributed by atoms with van der Waals surface area (Å²) in [5.74, 6) is 0.426. The van der Waals surface area contributed by atoms with Gasteiger partial charge in [-0.1, -0.05) is 42.5 Å². The molecule has 7 heteroatoms. The highest BCUT2D eigenvalue weighted by molar-refractivity contribution is 5.90. The first kappa shape index (κ1) is 21.8. The molecule has 166 valence electrons. The van der Waals surface area contributed by atoms with Gasteiger partial charge in [0.25, 0.3) is 5.69 Å². The van der Waals surface area contributed by atoms with Gasteiger partial charge < -0.3 is 15.5 Å². The maximum atomic E-state index is 13.2. The minimum atomic E-state index is -0.424. The molecule has 0 atom stereocenters. The number of hydrogen-bond acceptors (Lipinski definition) is 4. The molecular weight excluding hydrogens is 404 g/mol. The Balaban J connectivity index is 1.55. The highest BCUT2D eigenvalue weighted by atomic mass is 16.6. The molecule has 0 spiro atoms. The number of amides is 2. The smallest absolute Gasteiger partial charge is 0.320 e. The molecule has 1 heterocycles. The van der Waals surface area contributed by atoms with Crippen LogP contribution < -0.4 is 10.6 Å². The van der Waals surface area contributed by atoms with Crippen LogP contribution in [0.1, 0.15) is 24.0 Å². The zero-order valence-electron chi connectivity index (χ0n) is 18.2. The lowest BCUT2D eigenvalue weighted by Crippen LogP contribution is -2.41. The number of benzene rings is 3. The number of nitro groups is 1. The van der Waals surface area contributed by atoms with Gasteiger partial charge in [0.2, 0.25) is 0 Å². The average Bonchev–Trinajstić information content (AvgIpc) is 2.80. The Bertz CT molecular complexity index is 1130. The van der Waals surface area contributed by atoms with E-state index in [-0.39, 0.29) is 11.7 Å². The number of piperidine rings is 1. The number of carbonyl (C=O) groups excluding carboxylic acids is 1. The zero-order valence-corrected chi connectivity index (χ0v) is 18.2. The lowest BCUT2D eigenvalue weighted by molar-refractivity contribution is -0.385. The summed E-state index contributed by atoms with van der Waals surface area (Å²) >= 11 is 0. The van der Waals surface area contributed by atoms with Crippen molar-refractivity contribution in [3.8, 4) is 0 Å². The lowest BCUT2D eigenvalue weighted by atomic mass is 9.97. The molecule has 0 aromatic heterocycles. The molecule has 0 radical (unpaired) electrons. The van der Waals surface area contributed by atoms with E-state index in [0.29, 0.717) is 30.3 Å². The van der Waals surface area contributed by atoms with E-state index < -0.39 is 4.92 Å². The van der Waals surface area contributed by atoms with Crippen LogP contribution in [0.3, 0.4) is 0 Å². The Labute approximate surface area is 187 Å². The minimum Gasteiger partial charge on any atom is -0.320 e. The molecule has 1 aliphatic rings. The average molecular weight is 433 g/mol. The third-order valence-electron chi connectivity index (χ3n) is 6.07. The third-order valence-corrected chi connectivity index (χ3v) is 6.07. The predicted molar refractivity (Wildman–Crippen MR) is 127 cm³/mol. The van der Waals surface area contributed by atoms with Crippen molar-refractivity contribution >= 4 is 28.2 Å². The van der Waals surface area contributed by atoms with Crippen molar-refractivity contribution < 1.29 is 9.72 Å². The van der Waals surface area contributed by atoms with Crippen molar-refractivity contribution in [3.05, 3.63) is 81.9 Å². The van der Waals surface area contributed by atoms with E-state index in [1.807, 2.05) is 17.0 Å². The monoisotopic (exact) mass is 432 g/mol. The van der Waals surface area contributed by atoms with Gasteiger partial charge in [-0.05, 0) is 67.2 Å². The number of nitrogens with zero attached hydrogens (tertiary/aromatic N) is 2. The maximum absolute atomic E-state index is 13.2. The second-order valence-electron chi connectivity index (χ2n) is 8.44. The molecule has 32 heavy (non-hydrogen) atoms. The first-order valence-corrected chi connectivity index (χ1v) is 11.0. The van der Waals surface area contributed by atoms with Gasteiger partial charge in [-0.25, -0.2) is 4.79 Å². The van der Waals surface area contributed by atoms with Gasteiger partial charge in [0.1, 0.15) is 0 Å². The molecule has 1 aliphatic heterocycles. The number of rotatable bonds is 6. The van der Waals surface area contributed by atoms with E-state index in [1.165, 1.54) is 6.07 Å². The Hall–Kier alpha value is -3.45. The maximum Gasteiger partial charge on any atom is 0.322 e. The number of hydrogen-bond donors (Lipinski definition) is 2. The van der Waals surface area contributed by atoms with Crippen LogP contribution >= 0.6 is 0 Å². The standard InChI is InChI=1S/C25H28N4O3/c1-18-6-9-23(15-24(18)29(31)32)27-25(30)28(16-19-10-12-26-13-11-19)17-20-7-8-21-4-2-3-5-22(21)14-20/h2-9,14-15,19,26H,10-13,16-17H2,1H3,(H,27,30). The van der Waals surface area contributed by atoms with Crippen molar-refractivity contribution in [1.82, 2.24) is 10.2 Å². The van der Waals surface area contributed by atoms with Gasteiger partial charge in [0.05, 0.1) is 4.92 Å². The van der Waals surface area contributed by atoms with Crippen molar-refractivity contribution in [1.29, 1.82) is 0 Å². The molecule has 2 N–H and O–H groups in total. The number of aryl methyl sites for hydroxylation is 1. The molecule has 3 aromatic carbocycles. The van der Waals surface area contributed by atoms with Crippen LogP contribution in [0.25, 0.3) is 10.8 Å². The Morgan fingerprint density at radius 2 is 1.84 bits per heavy atom. The van der Waals surface area contributed by atoms with Crippen LogP contribution in [0.5, 0.6) is 0 Å². The van der Waals surface area contributed by atoms with Crippen LogP contribution in [-0.4, -0.2) is 35.5 Å². The molecule has 0 aliphatic carbocycles. The van der Waals surface area contributed by atoms with Gasteiger partial charge in [0.15, 0.2) is 0 Å². The fraction of sp³-hybridized carbons (Fsp3) is 0.320. The fourth-order valence-corrected chi connectivity index (χ4v) is 4.24. The van der Waals surface area contributed by atoms with Crippen molar-refractivity contribution in [2.45, 2.75) is 26.3 Å². The van der Waals surface area contributed by atoms with E-state index in [9.17, 15) is 14.9 Å². The van der Waals surface area contributed by atoms with Crippen LogP contribution in [0, 0.1) is 23.0 Å². The van der Waals surface area contributed by atoms with Crippen molar-refractivity contribution in [2.24, 2.45) is 5.92 Å². The van der Waals surface area contributed by atoms with Gasteiger partial charge in [-0.3, -0.25) is 10.1 Å². The molecule has 4 rings (SSSR count). The van der Waals surface area contributed by atoms with Gasteiger partial charge in [-0.15, -0.1) is 0 Å². The summed E-state index contributed by atoms with van der Waals surface area (Å²) in [4.78, 5) is 25.9. The molecule has 1 saturated heterocycles. The molecule has 3 aromatic rings. The normalized spacial score (nSPS) is 14.3. The number of urea groups is 1. The Kier molecular flexibility index (Phi) is 6.66. The van der Waals surface area contributed by atoms with Crippen LogP contribution in [-0.2, 0) is 6.54 Å². The molecule has 0 unspecified atom stereocenters. The summed E-state index contributed by atoms with van der Waals surface area (Å²) in [5.41, 5.74) is 2.06. The number of carbonyl (C=O) groups is 1. The van der Waals surface area contributed by atoms with Crippen LogP contribution in [0.15, 0.2) is 60.7 Å². The van der Waals surface area contributed by atoms with Gasteiger partial charge in [0, 0.05) is 30.4 Å². The summed E-state index contributed by atoms with van der Waals surface area (Å²) in [6.45, 7) is 4.73. The van der Waals surface area contributed by atoms with Crippen molar-refractivity contribution in [3.63, 3.8) is 0 Å². The zero-order chi connectivity index (χ0) is 22.5. The summed E-state index contributed by atoms with van der Waals surface area (Å²) in [5, 5.41) is 19.8. The van der Waals surface area contributed by atoms with Gasteiger partial charge >= 0.3 is 6.03 Å². The molecule has 1 fully saturated rings. The number of fused-ring (bicyclic) bond motifs is 1. The molecule has 0 bridgehead atoms. The first-order valence-electron chi connectivity index (χ1n) is 11.0. The number of anilines is 1. The highest BCUT2D eigenvalue weighted by Crippen LogP contribution is 2.24. The fourth-order valence-electron chi connectivity index (χ4n) is 4.24. The largest absolute Gasteiger partial charge is 0.322 e. The third kappa shape index (κ3) is 5.23. The summed E-state index contributed by atoms with van der Waals surface area (Å²) in [6.07, 6.45) is 2.05. The summed E-state index contributed by atoms with van der Waals surface area (Å²) < 4.78 is 0. The van der Waals surface area contributed by atoms with E-state index in [2.05, 4.69) is 41.0 Å². The van der Waals surface area contributed by atoms with E-state index >= 15 is 0 Å². The SMILES string of the molecule is Cc1ccc(NC(=O)N(Cc2ccc3ccccc3c2)CC2CCNCC2)cc1[N+](=O)[O-]. The second kappa shape index (κ2) is 9.78. The highest BCUT2D eigenvalue weighted by Gasteiger charge is 2.22. The molecule has 7 nitrogen and oxygen atoms in total. The van der Waals surface area contributed by atoms with Gasteiger partial charge in [-0.2, -0.15) is 0 Å². The summed E-state index contributed by atoms with van der Waals surface area (Å²) in [6, 6.07) is 19.0. The summed E-state index contributed by atoms with van der Waals surface area (Å²) in [7, 11) is 0. The van der Waals surface area contributed by atoms with E-state index in [0.717, 1.165) is 42.3 Å². The molecule has 2 amide bonds. The Morgan fingerprint density at radius 3 is 2.59 bits per heavy atom. The molecular formula is C25H28N4O3. The number of nitrogens with one attached hydrogen (secondary N) is 2. The lowest BCUT2D eigenvalue weighted by Gasteiger charge is -2.30. The topological polar surface area (TPSA) is 87.5 Å². The Morgan fingerprint density at radius 1 is 1.09 bits per heavy atom.